The minimum atomic E-state index is -1.06. The van der Waals surface area contributed by atoms with Crippen LogP contribution in [0.3, 0.4) is 0 Å². The fourth-order valence-electron chi connectivity index (χ4n) is 6.27. The molecule has 2 aromatic carbocycles. The quantitative estimate of drug-likeness (QED) is 0.372. The van der Waals surface area contributed by atoms with Gasteiger partial charge in [0.1, 0.15) is 6.04 Å². The van der Waals surface area contributed by atoms with Crippen molar-refractivity contribution in [2.45, 2.75) is 19.4 Å². The second kappa shape index (κ2) is 7.64. The molecule has 3 fully saturated rings. The molecule has 0 unspecified atom stereocenters. The summed E-state index contributed by atoms with van der Waals surface area (Å²) in [5.74, 6) is -1.70. The second-order valence-electron chi connectivity index (χ2n) is 9.71. The Balaban J connectivity index is 1.40. The Morgan fingerprint density at radius 3 is 2.00 bits per heavy atom. The number of halogens is 1. The largest absolute Gasteiger partial charge is 0.292 e. The molecule has 172 valence electrons. The SMILES string of the molecule is C[C@H](C(=O)c1ccccc1)N(C(=O)c1ccc(Cl)cc1)N1C(=O)[C@@H]2[C@H]3C=C[C@@H]([C@@H]4C[C@@H]34)[C@@H]2C1=O. The number of carbonyl (C=O) groups excluding carboxylic acids is 4. The minimum Gasteiger partial charge on any atom is -0.292 e. The summed E-state index contributed by atoms with van der Waals surface area (Å²) in [6, 6.07) is 13.8. The number of hydrogen-bond acceptors (Lipinski definition) is 4. The maximum atomic E-state index is 13.7. The lowest BCUT2D eigenvalue weighted by molar-refractivity contribution is -0.156. The molecule has 2 saturated carbocycles. The number of carbonyl (C=O) groups is 4. The molecule has 4 aliphatic carbocycles. The van der Waals surface area contributed by atoms with E-state index in [9.17, 15) is 19.2 Å². The van der Waals surface area contributed by atoms with Crippen LogP contribution in [0.2, 0.25) is 5.02 Å². The van der Waals surface area contributed by atoms with Gasteiger partial charge in [0.05, 0.1) is 11.8 Å². The smallest absolute Gasteiger partial charge is 0.273 e. The summed E-state index contributed by atoms with van der Waals surface area (Å²) in [4.78, 5) is 54.6. The number of hydrogen-bond donors (Lipinski definition) is 0. The van der Waals surface area contributed by atoms with E-state index in [1.54, 1.807) is 49.4 Å². The molecule has 2 aromatic rings. The molecular weight excluding hydrogens is 452 g/mol. The van der Waals surface area contributed by atoms with Crippen LogP contribution in [0.1, 0.15) is 34.1 Å². The maximum absolute atomic E-state index is 13.7. The zero-order chi connectivity index (χ0) is 23.7. The number of Topliss-reactive ketones (excluding diaryl/α,β-unsaturated/α-hetero) is 1. The average molecular weight is 475 g/mol. The first-order valence-corrected chi connectivity index (χ1v) is 12.0. The molecule has 7 rings (SSSR count). The number of allylic oxidation sites excluding steroid dienone is 2. The van der Waals surface area contributed by atoms with Gasteiger partial charge in [-0.3, -0.25) is 19.2 Å². The summed E-state index contributed by atoms with van der Waals surface area (Å²) in [6.45, 7) is 1.57. The highest BCUT2D eigenvalue weighted by atomic mass is 35.5. The Morgan fingerprint density at radius 2 is 1.44 bits per heavy atom. The van der Waals surface area contributed by atoms with Gasteiger partial charge in [0.2, 0.25) is 0 Å². The van der Waals surface area contributed by atoms with Crippen molar-refractivity contribution < 1.29 is 19.2 Å². The number of nitrogens with zero attached hydrogens (tertiary/aromatic N) is 2. The van der Waals surface area contributed by atoms with Gasteiger partial charge in [0, 0.05) is 16.1 Å². The van der Waals surface area contributed by atoms with E-state index in [1.165, 1.54) is 12.1 Å². The van der Waals surface area contributed by atoms with Crippen molar-refractivity contribution in [3.63, 3.8) is 0 Å². The zero-order valence-corrected chi connectivity index (χ0v) is 19.3. The van der Waals surface area contributed by atoms with Crippen LogP contribution in [0, 0.1) is 35.5 Å². The normalized spacial score (nSPS) is 31.2. The van der Waals surface area contributed by atoms with E-state index in [0.29, 0.717) is 22.4 Å². The number of amides is 3. The molecule has 7 atom stereocenters. The van der Waals surface area contributed by atoms with E-state index in [-0.39, 0.29) is 35.0 Å². The number of hydrazine groups is 1. The standard InChI is InChI=1S/C27H23ClN2O4/c1-14(24(31)15-5-3-2-4-6-15)29(25(32)16-7-9-17(28)10-8-16)30-26(33)22-18-11-12-19(21-13-20(18)21)23(22)27(30)34/h2-12,14,18-23H,13H2,1H3/t14-,18+,19+,20+,21+,22-,23+/m1/s1. The van der Waals surface area contributed by atoms with E-state index in [1.807, 2.05) is 0 Å². The van der Waals surface area contributed by atoms with Crippen LogP contribution in [0.5, 0.6) is 0 Å². The average Bonchev–Trinajstić information content (AvgIpc) is 3.64. The van der Waals surface area contributed by atoms with Crippen molar-refractivity contribution in [2.24, 2.45) is 35.5 Å². The summed E-state index contributed by atoms with van der Waals surface area (Å²) in [6.07, 6.45) is 5.21. The summed E-state index contributed by atoms with van der Waals surface area (Å²) in [7, 11) is 0. The maximum Gasteiger partial charge on any atom is 0.273 e. The van der Waals surface area contributed by atoms with Gasteiger partial charge in [0.15, 0.2) is 5.78 Å². The fraction of sp³-hybridized carbons (Fsp3) is 0.333. The molecule has 0 radical (unpaired) electrons. The molecule has 7 heteroatoms. The molecule has 0 N–H and O–H groups in total. The summed E-state index contributed by atoms with van der Waals surface area (Å²) >= 11 is 6.00. The highest BCUT2D eigenvalue weighted by molar-refractivity contribution is 6.30. The fourth-order valence-corrected chi connectivity index (χ4v) is 6.40. The van der Waals surface area contributed by atoms with Crippen LogP contribution < -0.4 is 0 Å². The van der Waals surface area contributed by atoms with E-state index in [2.05, 4.69) is 12.2 Å². The monoisotopic (exact) mass is 474 g/mol. The van der Waals surface area contributed by atoms with Crippen LogP contribution >= 0.6 is 11.6 Å². The Morgan fingerprint density at radius 1 is 0.882 bits per heavy atom. The molecule has 0 spiro atoms. The lowest BCUT2D eigenvalue weighted by Gasteiger charge is -2.37. The third-order valence-corrected chi connectivity index (χ3v) is 8.21. The van der Waals surface area contributed by atoms with Gasteiger partial charge in [0.25, 0.3) is 17.7 Å². The van der Waals surface area contributed by atoms with Gasteiger partial charge in [-0.25, -0.2) is 5.01 Å². The molecule has 34 heavy (non-hydrogen) atoms. The van der Waals surface area contributed by atoms with Crippen LogP contribution in [0.4, 0.5) is 0 Å². The Bertz CT molecular complexity index is 1210. The highest BCUT2D eigenvalue weighted by Gasteiger charge is 2.68. The molecule has 1 heterocycles. The van der Waals surface area contributed by atoms with Crippen LogP contribution in [-0.2, 0) is 9.59 Å². The minimum absolute atomic E-state index is 0.0223. The Kier molecular flexibility index (Phi) is 4.78. The van der Waals surface area contributed by atoms with Crippen LogP contribution in [-0.4, -0.2) is 39.6 Å². The molecule has 5 aliphatic rings. The summed E-state index contributed by atoms with van der Waals surface area (Å²) in [5, 5.41) is 2.51. The first kappa shape index (κ1) is 21.3. The van der Waals surface area contributed by atoms with E-state index in [0.717, 1.165) is 16.4 Å². The third kappa shape index (κ3) is 3.01. The first-order valence-electron chi connectivity index (χ1n) is 11.6. The van der Waals surface area contributed by atoms with Crippen molar-refractivity contribution in [1.29, 1.82) is 0 Å². The van der Waals surface area contributed by atoms with Gasteiger partial charge < -0.3 is 0 Å². The van der Waals surface area contributed by atoms with E-state index in [4.69, 9.17) is 11.6 Å². The van der Waals surface area contributed by atoms with Crippen molar-refractivity contribution >= 4 is 35.1 Å². The summed E-state index contributed by atoms with van der Waals surface area (Å²) in [5.41, 5.74) is 0.653. The number of benzene rings is 2. The molecule has 2 bridgehead atoms. The molecular formula is C27H23ClN2O4. The Hall–Kier alpha value is -3.25. The number of rotatable bonds is 5. The van der Waals surface area contributed by atoms with E-state index < -0.39 is 23.8 Å². The van der Waals surface area contributed by atoms with Gasteiger partial charge >= 0.3 is 0 Å². The van der Waals surface area contributed by atoms with Crippen molar-refractivity contribution in [1.82, 2.24) is 10.0 Å². The summed E-state index contributed by atoms with van der Waals surface area (Å²) < 4.78 is 0. The molecule has 0 aromatic heterocycles. The van der Waals surface area contributed by atoms with Gasteiger partial charge in [-0.05, 0) is 61.3 Å². The zero-order valence-electron chi connectivity index (χ0n) is 18.5. The van der Waals surface area contributed by atoms with Crippen molar-refractivity contribution in [2.75, 3.05) is 0 Å². The Labute approximate surface area is 202 Å². The number of imide groups is 1. The lowest BCUT2D eigenvalue weighted by atomic mass is 9.63. The second-order valence-corrected chi connectivity index (χ2v) is 10.1. The lowest BCUT2D eigenvalue weighted by Crippen LogP contribution is -2.56. The van der Waals surface area contributed by atoms with Crippen molar-refractivity contribution in [3.05, 3.63) is 82.9 Å². The first-order chi connectivity index (χ1) is 16.4. The molecule has 3 amide bonds. The number of ketones is 1. The predicted octanol–water partition coefficient (Wildman–Crippen LogP) is 4.02. The molecule has 1 saturated heterocycles. The van der Waals surface area contributed by atoms with Gasteiger partial charge in [-0.15, -0.1) is 0 Å². The third-order valence-electron chi connectivity index (χ3n) is 7.96. The topological polar surface area (TPSA) is 74.8 Å². The van der Waals surface area contributed by atoms with Crippen molar-refractivity contribution in [3.8, 4) is 0 Å². The highest BCUT2D eigenvalue weighted by Crippen LogP contribution is 2.65. The van der Waals surface area contributed by atoms with E-state index >= 15 is 0 Å². The van der Waals surface area contributed by atoms with Gasteiger partial charge in [-0.2, -0.15) is 5.01 Å². The van der Waals surface area contributed by atoms with Crippen LogP contribution in [0.25, 0.3) is 0 Å². The van der Waals surface area contributed by atoms with Gasteiger partial charge in [-0.1, -0.05) is 54.1 Å². The molecule has 6 nitrogen and oxygen atoms in total. The predicted molar refractivity (Wildman–Crippen MR) is 124 cm³/mol. The molecule has 1 aliphatic heterocycles. The van der Waals surface area contributed by atoms with Crippen LogP contribution in [0.15, 0.2) is 66.7 Å².